The monoisotopic (exact) mass is 274 g/mol. The maximum atomic E-state index is 11.4. The van der Waals surface area contributed by atoms with Gasteiger partial charge in [0.2, 0.25) is 0 Å². The SMILES string of the molecule is CC1=C2OC(C)CC2C(C)([N+](=O)[O-])C(N)=C1C.Cl. The van der Waals surface area contributed by atoms with E-state index in [0.717, 1.165) is 16.9 Å². The molecule has 2 aliphatic rings. The predicted molar refractivity (Wildman–Crippen MR) is 70.9 cm³/mol. The fourth-order valence-corrected chi connectivity index (χ4v) is 2.80. The molecular formula is C12H19ClN2O3. The van der Waals surface area contributed by atoms with Crippen LogP contribution in [0.2, 0.25) is 0 Å². The lowest BCUT2D eigenvalue weighted by Gasteiger charge is -2.33. The third-order valence-electron chi connectivity index (χ3n) is 4.15. The summed E-state index contributed by atoms with van der Waals surface area (Å²) in [5, 5.41) is 11.4. The molecule has 0 amide bonds. The number of fused-ring (bicyclic) bond motifs is 1. The summed E-state index contributed by atoms with van der Waals surface area (Å²) in [6.07, 6.45) is 0.668. The van der Waals surface area contributed by atoms with E-state index in [1.165, 1.54) is 0 Å². The standard InChI is InChI=1S/C12H18N2O3.ClH/c1-6-5-9-10(17-6)7(2)8(3)11(13)12(9,4)14(15)16;/h6,9H,5,13H2,1-4H3;1H. The molecule has 3 atom stereocenters. The minimum Gasteiger partial charge on any atom is -0.494 e. The Labute approximate surface area is 113 Å². The molecule has 0 spiro atoms. The van der Waals surface area contributed by atoms with Gasteiger partial charge in [-0.3, -0.25) is 10.1 Å². The minimum atomic E-state index is -1.23. The first kappa shape index (κ1) is 14.8. The summed E-state index contributed by atoms with van der Waals surface area (Å²) in [7, 11) is 0. The molecule has 18 heavy (non-hydrogen) atoms. The number of nitrogens with two attached hydrogens (primary N) is 1. The van der Waals surface area contributed by atoms with Gasteiger partial charge in [-0.2, -0.15) is 0 Å². The quantitative estimate of drug-likeness (QED) is 0.588. The van der Waals surface area contributed by atoms with Crippen LogP contribution in [0.1, 0.15) is 34.1 Å². The van der Waals surface area contributed by atoms with Gasteiger partial charge in [0.15, 0.2) is 0 Å². The second-order valence-electron chi connectivity index (χ2n) is 5.15. The Morgan fingerprint density at radius 1 is 1.44 bits per heavy atom. The number of allylic oxidation sites excluding steroid dienone is 2. The van der Waals surface area contributed by atoms with Crippen molar-refractivity contribution in [1.82, 2.24) is 0 Å². The molecular weight excluding hydrogens is 256 g/mol. The molecule has 1 heterocycles. The van der Waals surface area contributed by atoms with E-state index < -0.39 is 5.54 Å². The van der Waals surface area contributed by atoms with Crippen LogP contribution in [0.25, 0.3) is 0 Å². The van der Waals surface area contributed by atoms with Crippen molar-refractivity contribution in [2.75, 3.05) is 0 Å². The van der Waals surface area contributed by atoms with E-state index in [1.54, 1.807) is 6.92 Å². The van der Waals surface area contributed by atoms with Gasteiger partial charge in [0, 0.05) is 18.3 Å². The lowest BCUT2D eigenvalue weighted by molar-refractivity contribution is -0.563. The number of hydrogen-bond donors (Lipinski definition) is 1. The Morgan fingerprint density at radius 3 is 2.50 bits per heavy atom. The molecule has 1 aliphatic heterocycles. The zero-order valence-corrected chi connectivity index (χ0v) is 11.8. The van der Waals surface area contributed by atoms with Crippen molar-refractivity contribution in [3.8, 4) is 0 Å². The Hall–Kier alpha value is -1.23. The van der Waals surface area contributed by atoms with E-state index in [2.05, 4.69) is 0 Å². The predicted octanol–water partition coefficient (Wildman–Crippen LogP) is 2.39. The van der Waals surface area contributed by atoms with Gasteiger partial charge < -0.3 is 10.5 Å². The van der Waals surface area contributed by atoms with Gasteiger partial charge in [-0.25, -0.2) is 0 Å². The van der Waals surface area contributed by atoms with Gasteiger partial charge in [-0.1, -0.05) is 0 Å². The number of halogens is 1. The Balaban J connectivity index is 0.00000162. The zero-order chi connectivity index (χ0) is 13.0. The van der Waals surface area contributed by atoms with E-state index in [4.69, 9.17) is 10.5 Å². The van der Waals surface area contributed by atoms with Crippen LogP contribution in [-0.2, 0) is 4.74 Å². The van der Waals surface area contributed by atoms with Crippen molar-refractivity contribution in [2.45, 2.75) is 45.8 Å². The van der Waals surface area contributed by atoms with Gasteiger partial charge in [0.05, 0.1) is 17.7 Å². The van der Waals surface area contributed by atoms with E-state index in [9.17, 15) is 10.1 Å². The molecule has 1 aliphatic carbocycles. The van der Waals surface area contributed by atoms with Crippen molar-refractivity contribution in [3.63, 3.8) is 0 Å². The number of rotatable bonds is 1. The van der Waals surface area contributed by atoms with Crippen molar-refractivity contribution in [2.24, 2.45) is 11.7 Å². The number of nitrogens with zero attached hydrogens (tertiary/aromatic N) is 1. The normalized spacial score (nSPS) is 34.9. The van der Waals surface area contributed by atoms with Crippen LogP contribution in [0.3, 0.4) is 0 Å². The summed E-state index contributed by atoms with van der Waals surface area (Å²) in [6.45, 7) is 7.28. The Bertz CT molecular complexity index is 458. The van der Waals surface area contributed by atoms with E-state index in [1.807, 2.05) is 20.8 Å². The molecule has 0 aromatic heterocycles. The molecule has 102 valence electrons. The molecule has 0 saturated carbocycles. The maximum absolute atomic E-state index is 11.4. The minimum absolute atomic E-state index is 0. The first-order valence-corrected chi connectivity index (χ1v) is 5.79. The highest BCUT2D eigenvalue weighted by molar-refractivity contribution is 5.85. The third kappa shape index (κ3) is 1.68. The van der Waals surface area contributed by atoms with Gasteiger partial charge in [-0.15, -0.1) is 12.4 Å². The lowest BCUT2D eigenvalue weighted by atomic mass is 9.73. The first-order chi connectivity index (χ1) is 7.80. The molecule has 3 unspecified atom stereocenters. The summed E-state index contributed by atoms with van der Waals surface area (Å²) in [5.74, 6) is 0.514. The molecule has 0 bridgehead atoms. The summed E-state index contributed by atoms with van der Waals surface area (Å²) in [6, 6.07) is 0. The van der Waals surface area contributed by atoms with Crippen LogP contribution in [0.4, 0.5) is 0 Å². The fourth-order valence-electron chi connectivity index (χ4n) is 2.80. The van der Waals surface area contributed by atoms with Crippen LogP contribution in [-0.4, -0.2) is 16.6 Å². The van der Waals surface area contributed by atoms with Crippen LogP contribution < -0.4 is 5.73 Å². The molecule has 5 nitrogen and oxygen atoms in total. The number of nitro groups is 1. The molecule has 1 saturated heterocycles. The maximum Gasteiger partial charge on any atom is 0.268 e. The van der Waals surface area contributed by atoms with Gasteiger partial charge in [0.25, 0.3) is 5.54 Å². The highest BCUT2D eigenvalue weighted by atomic mass is 35.5. The Morgan fingerprint density at radius 2 is 2.00 bits per heavy atom. The van der Waals surface area contributed by atoms with Crippen LogP contribution >= 0.6 is 12.4 Å². The smallest absolute Gasteiger partial charge is 0.268 e. The molecule has 0 aromatic carbocycles. The van der Waals surface area contributed by atoms with Crippen LogP contribution in [0.15, 0.2) is 22.6 Å². The van der Waals surface area contributed by atoms with E-state index in [0.29, 0.717) is 12.1 Å². The molecule has 0 aromatic rings. The van der Waals surface area contributed by atoms with Gasteiger partial charge >= 0.3 is 0 Å². The van der Waals surface area contributed by atoms with E-state index in [-0.39, 0.29) is 29.4 Å². The molecule has 6 heteroatoms. The van der Waals surface area contributed by atoms with Crippen LogP contribution in [0.5, 0.6) is 0 Å². The van der Waals surface area contributed by atoms with Crippen molar-refractivity contribution < 1.29 is 9.66 Å². The van der Waals surface area contributed by atoms with Gasteiger partial charge in [-0.05, 0) is 31.9 Å². The third-order valence-corrected chi connectivity index (χ3v) is 4.15. The highest BCUT2D eigenvalue weighted by Gasteiger charge is 2.57. The largest absolute Gasteiger partial charge is 0.494 e. The fraction of sp³-hybridized carbons (Fsp3) is 0.667. The average Bonchev–Trinajstić information content (AvgIpc) is 2.66. The van der Waals surface area contributed by atoms with Crippen molar-refractivity contribution >= 4 is 12.4 Å². The molecule has 0 radical (unpaired) electrons. The summed E-state index contributed by atoms with van der Waals surface area (Å²) < 4.78 is 5.73. The first-order valence-electron chi connectivity index (χ1n) is 5.79. The Kier molecular flexibility index (Phi) is 3.68. The topological polar surface area (TPSA) is 78.4 Å². The van der Waals surface area contributed by atoms with E-state index >= 15 is 0 Å². The second kappa shape index (κ2) is 4.46. The van der Waals surface area contributed by atoms with Gasteiger partial charge in [0.1, 0.15) is 5.76 Å². The number of hydrogen-bond acceptors (Lipinski definition) is 4. The number of ether oxygens (including phenoxy) is 1. The summed E-state index contributed by atoms with van der Waals surface area (Å²) >= 11 is 0. The highest BCUT2D eigenvalue weighted by Crippen LogP contribution is 2.48. The van der Waals surface area contributed by atoms with Crippen molar-refractivity contribution in [3.05, 3.63) is 32.7 Å². The second-order valence-corrected chi connectivity index (χ2v) is 5.15. The average molecular weight is 275 g/mol. The molecule has 2 N–H and O–H groups in total. The summed E-state index contributed by atoms with van der Waals surface area (Å²) in [5.41, 5.74) is 6.87. The zero-order valence-electron chi connectivity index (χ0n) is 11.0. The molecule has 1 fully saturated rings. The lowest BCUT2D eigenvalue weighted by Crippen LogP contribution is -2.49. The van der Waals surface area contributed by atoms with Crippen molar-refractivity contribution in [1.29, 1.82) is 0 Å². The van der Waals surface area contributed by atoms with Crippen LogP contribution in [0, 0.1) is 16.0 Å². The molecule has 2 rings (SSSR count). The summed E-state index contributed by atoms with van der Waals surface area (Å²) in [4.78, 5) is 11.1.